The van der Waals surface area contributed by atoms with Gasteiger partial charge in [-0.25, -0.2) is 4.79 Å². The van der Waals surface area contributed by atoms with Crippen LogP contribution in [0, 0.1) is 0 Å². The maximum atomic E-state index is 13.8. The molecule has 5 nitrogen and oxygen atoms in total. The summed E-state index contributed by atoms with van der Waals surface area (Å²) in [7, 11) is 1.09. The maximum Gasteiger partial charge on any atom is 0.471 e. The van der Waals surface area contributed by atoms with Gasteiger partial charge in [-0.05, 0) is 74.1 Å². The van der Waals surface area contributed by atoms with Crippen LogP contribution >= 0.6 is 27.5 Å². The smallest absolute Gasteiger partial charge is 0.467 e. The van der Waals surface area contributed by atoms with E-state index in [1.807, 2.05) is 12.1 Å². The largest absolute Gasteiger partial charge is 0.471 e. The SMILES string of the molecule is COC(=O)C1(N(C(=O)C(F)(F)F)c2cccc(Cl)c2)CCC2(CC1)C(Br)=Cc1ccc(C(C)=O)cc12. The third-order valence-corrected chi connectivity index (χ3v) is 8.37. The van der Waals surface area contributed by atoms with E-state index in [1.165, 1.54) is 31.2 Å². The van der Waals surface area contributed by atoms with Crippen LogP contribution in [0.15, 0.2) is 46.9 Å². The first kappa shape index (κ1) is 26.4. The summed E-state index contributed by atoms with van der Waals surface area (Å²) in [6.45, 7) is 1.46. The Morgan fingerprint density at radius 3 is 2.28 bits per heavy atom. The summed E-state index contributed by atoms with van der Waals surface area (Å²) < 4.78 is 47.3. The summed E-state index contributed by atoms with van der Waals surface area (Å²) in [6.07, 6.45) is -3.08. The van der Waals surface area contributed by atoms with E-state index >= 15 is 0 Å². The van der Waals surface area contributed by atoms with E-state index in [0.717, 1.165) is 22.7 Å². The minimum atomic E-state index is -5.24. The predicted octanol–water partition coefficient (Wildman–Crippen LogP) is 6.61. The number of methoxy groups -OCH3 is 1. The van der Waals surface area contributed by atoms with Gasteiger partial charge in [0.15, 0.2) is 5.78 Å². The summed E-state index contributed by atoms with van der Waals surface area (Å²) in [6, 6.07) is 10.8. The second-order valence-electron chi connectivity index (χ2n) is 9.07. The highest BCUT2D eigenvalue weighted by molar-refractivity contribution is 9.11. The first-order chi connectivity index (χ1) is 16.9. The molecule has 4 rings (SSSR count). The normalized spacial score (nSPS) is 23.1. The molecule has 1 amide bonds. The van der Waals surface area contributed by atoms with Gasteiger partial charge >= 0.3 is 18.1 Å². The number of ketones is 1. The fourth-order valence-corrected chi connectivity index (χ4v) is 6.37. The Kier molecular flexibility index (Phi) is 6.85. The fourth-order valence-electron chi connectivity index (χ4n) is 5.33. The zero-order chi connectivity index (χ0) is 26.5. The number of halogens is 5. The number of Topliss-reactive ketones (excluding diaryl/α,β-unsaturated/α-hetero) is 1. The molecule has 0 bridgehead atoms. The summed E-state index contributed by atoms with van der Waals surface area (Å²) in [4.78, 5) is 38.5. The zero-order valence-corrected chi connectivity index (χ0v) is 21.8. The van der Waals surface area contributed by atoms with Crippen LogP contribution in [-0.4, -0.2) is 36.5 Å². The van der Waals surface area contributed by atoms with Crippen molar-refractivity contribution in [3.63, 3.8) is 0 Å². The van der Waals surface area contributed by atoms with Crippen molar-refractivity contribution in [2.45, 2.75) is 49.7 Å². The number of carbonyl (C=O) groups is 3. The number of hydrogen-bond acceptors (Lipinski definition) is 4. The van der Waals surface area contributed by atoms with Crippen LogP contribution in [0.3, 0.4) is 0 Å². The Bertz CT molecular complexity index is 1280. The lowest BCUT2D eigenvalue weighted by atomic mass is 9.64. The molecule has 190 valence electrons. The lowest BCUT2D eigenvalue weighted by Crippen LogP contribution is -2.63. The van der Waals surface area contributed by atoms with Crippen LogP contribution in [0.25, 0.3) is 6.08 Å². The Balaban J connectivity index is 1.82. The Hall–Kier alpha value is -2.65. The van der Waals surface area contributed by atoms with E-state index in [9.17, 15) is 27.6 Å². The van der Waals surface area contributed by atoms with E-state index < -0.39 is 29.0 Å². The molecule has 1 saturated carbocycles. The summed E-state index contributed by atoms with van der Waals surface area (Å²) in [5.74, 6) is -3.23. The highest BCUT2D eigenvalue weighted by Gasteiger charge is 2.59. The minimum Gasteiger partial charge on any atom is -0.467 e. The standard InChI is InChI=1S/C26H22BrClF3NO4/c1-15(33)16-6-7-17-13-21(27)24(20(17)12-16)8-10-25(11-9-24,23(35)36-2)32(22(34)26(29,30)31)19-5-3-4-18(28)14-19/h3-7,12-14H,8-11H2,1-2H3. The molecule has 0 aliphatic heterocycles. The number of rotatable bonds is 4. The van der Waals surface area contributed by atoms with E-state index in [0.29, 0.717) is 10.5 Å². The topological polar surface area (TPSA) is 63.7 Å². The minimum absolute atomic E-state index is 0.110. The van der Waals surface area contributed by atoms with Gasteiger partial charge in [0.2, 0.25) is 0 Å². The number of anilines is 1. The van der Waals surface area contributed by atoms with E-state index in [2.05, 4.69) is 15.9 Å². The summed E-state index contributed by atoms with van der Waals surface area (Å²) in [5, 5.41) is 0.118. The van der Waals surface area contributed by atoms with Crippen molar-refractivity contribution in [2.75, 3.05) is 12.0 Å². The Morgan fingerprint density at radius 2 is 1.72 bits per heavy atom. The van der Waals surface area contributed by atoms with Crippen LogP contribution in [0.1, 0.15) is 54.1 Å². The maximum absolute atomic E-state index is 13.8. The van der Waals surface area contributed by atoms with Crippen molar-refractivity contribution in [3.8, 4) is 0 Å². The highest BCUT2D eigenvalue weighted by Crippen LogP contribution is 2.56. The zero-order valence-electron chi connectivity index (χ0n) is 19.4. The molecule has 1 fully saturated rings. The van der Waals surface area contributed by atoms with Crippen molar-refractivity contribution in [2.24, 2.45) is 0 Å². The first-order valence-electron chi connectivity index (χ1n) is 11.1. The van der Waals surface area contributed by atoms with Crippen molar-refractivity contribution in [3.05, 3.63) is 68.7 Å². The van der Waals surface area contributed by atoms with Crippen molar-refractivity contribution in [1.82, 2.24) is 0 Å². The van der Waals surface area contributed by atoms with E-state index in [4.69, 9.17) is 16.3 Å². The molecular formula is C26H22BrClF3NO4. The first-order valence-corrected chi connectivity index (χ1v) is 12.3. The predicted molar refractivity (Wildman–Crippen MR) is 133 cm³/mol. The molecule has 1 spiro atoms. The molecule has 0 aromatic heterocycles. The Morgan fingerprint density at radius 1 is 1.06 bits per heavy atom. The van der Waals surface area contributed by atoms with Gasteiger partial charge in [0.1, 0.15) is 5.54 Å². The van der Waals surface area contributed by atoms with Crippen LogP contribution in [-0.2, 0) is 19.7 Å². The van der Waals surface area contributed by atoms with Crippen molar-refractivity contribution < 1.29 is 32.3 Å². The molecule has 10 heteroatoms. The second-order valence-corrected chi connectivity index (χ2v) is 10.4. The molecule has 0 radical (unpaired) electrons. The van der Waals surface area contributed by atoms with Crippen LogP contribution in [0.5, 0.6) is 0 Å². The van der Waals surface area contributed by atoms with Gasteiger partial charge in [-0.15, -0.1) is 0 Å². The number of nitrogens with zero attached hydrogens (tertiary/aromatic N) is 1. The van der Waals surface area contributed by atoms with Crippen molar-refractivity contribution >= 4 is 57.0 Å². The number of benzene rings is 2. The number of hydrogen-bond donors (Lipinski definition) is 0. The summed E-state index contributed by atoms with van der Waals surface area (Å²) >= 11 is 9.67. The van der Waals surface area contributed by atoms with Gasteiger partial charge in [-0.3, -0.25) is 14.5 Å². The second kappa shape index (κ2) is 9.34. The quantitative estimate of drug-likeness (QED) is 0.300. The number of esters is 1. The molecule has 0 heterocycles. The molecule has 2 aromatic rings. The highest BCUT2D eigenvalue weighted by atomic mass is 79.9. The fraction of sp³-hybridized carbons (Fsp3) is 0.346. The van der Waals surface area contributed by atoms with Gasteiger partial charge in [-0.2, -0.15) is 13.2 Å². The molecule has 0 saturated heterocycles. The lowest BCUT2D eigenvalue weighted by Gasteiger charge is -2.49. The van der Waals surface area contributed by atoms with Crippen LogP contribution < -0.4 is 4.90 Å². The third-order valence-electron chi connectivity index (χ3n) is 7.15. The van der Waals surface area contributed by atoms with Gasteiger partial charge in [0.25, 0.3) is 0 Å². The number of fused-ring (bicyclic) bond motifs is 2. The summed E-state index contributed by atoms with van der Waals surface area (Å²) in [5.41, 5.74) is -0.453. The molecule has 0 unspecified atom stereocenters. The van der Waals surface area contributed by atoms with Gasteiger partial charge in [0, 0.05) is 26.2 Å². The van der Waals surface area contributed by atoms with Gasteiger partial charge in [-0.1, -0.05) is 45.7 Å². The van der Waals surface area contributed by atoms with Gasteiger partial charge in [0.05, 0.1) is 7.11 Å². The molecule has 0 atom stereocenters. The number of alkyl halides is 3. The number of ether oxygens (including phenoxy) is 1. The van der Waals surface area contributed by atoms with Gasteiger partial charge < -0.3 is 4.74 Å². The third kappa shape index (κ3) is 4.26. The average molecular weight is 585 g/mol. The molecule has 2 aromatic carbocycles. The van der Waals surface area contributed by atoms with E-state index in [1.54, 1.807) is 12.1 Å². The lowest BCUT2D eigenvalue weighted by molar-refractivity contribution is -0.174. The van der Waals surface area contributed by atoms with Crippen LogP contribution in [0.2, 0.25) is 5.02 Å². The van der Waals surface area contributed by atoms with E-state index in [-0.39, 0.29) is 42.2 Å². The number of allylic oxidation sites excluding steroid dienone is 1. The Labute approximate surface area is 219 Å². The molecule has 2 aliphatic rings. The van der Waals surface area contributed by atoms with Crippen molar-refractivity contribution in [1.29, 1.82) is 0 Å². The molecule has 2 aliphatic carbocycles. The number of amides is 1. The molecular weight excluding hydrogens is 563 g/mol. The monoisotopic (exact) mass is 583 g/mol. The van der Waals surface area contributed by atoms with Crippen LogP contribution in [0.4, 0.5) is 18.9 Å². The number of carbonyl (C=O) groups excluding carboxylic acids is 3. The average Bonchev–Trinajstić information content (AvgIpc) is 3.09. The molecule has 0 N–H and O–H groups in total. The molecule has 36 heavy (non-hydrogen) atoms.